The highest BCUT2D eigenvalue weighted by molar-refractivity contribution is 7.99. The number of benzene rings is 2. The lowest BCUT2D eigenvalue weighted by atomic mass is 9.99. The summed E-state index contributed by atoms with van der Waals surface area (Å²) in [6.07, 6.45) is 2.67. The number of furan rings is 1. The molecule has 2 heterocycles. The second-order valence-corrected chi connectivity index (χ2v) is 8.74. The van der Waals surface area contributed by atoms with Crippen molar-refractivity contribution in [2.45, 2.75) is 31.3 Å². The SMILES string of the molecule is CC[C@H](C)c1ccc(NC(=O)CSc2nnc(-c3ccco3)n2-c2ccc(Cl)cc2)cc1. The highest BCUT2D eigenvalue weighted by atomic mass is 35.5. The average Bonchev–Trinajstić information content (AvgIpc) is 3.48. The maximum absolute atomic E-state index is 12.6. The minimum atomic E-state index is -0.114. The highest BCUT2D eigenvalue weighted by Gasteiger charge is 2.19. The van der Waals surface area contributed by atoms with Gasteiger partial charge in [-0.3, -0.25) is 9.36 Å². The lowest BCUT2D eigenvalue weighted by molar-refractivity contribution is -0.113. The largest absolute Gasteiger partial charge is 0.461 e. The third kappa shape index (κ3) is 5.06. The zero-order chi connectivity index (χ0) is 22.5. The van der Waals surface area contributed by atoms with Crippen LogP contribution >= 0.6 is 23.4 Å². The summed E-state index contributed by atoms with van der Waals surface area (Å²) in [7, 11) is 0. The molecule has 2 aromatic carbocycles. The number of anilines is 1. The van der Waals surface area contributed by atoms with E-state index in [4.69, 9.17) is 16.0 Å². The summed E-state index contributed by atoms with van der Waals surface area (Å²) in [5.41, 5.74) is 2.87. The van der Waals surface area contributed by atoms with Crippen LogP contribution in [0.25, 0.3) is 17.3 Å². The maximum atomic E-state index is 12.6. The van der Waals surface area contributed by atoms with E-state index in [1.54, 1.807) is 24.5 Å². The third-order valence-electron chi connectivity index (χ3n) is 5.17. The highest BCUT2D eigenvalue weighted by Crippen LogP contribution is 2.29. The molecule has 0 aliphatic rings. The Labute approximate surface area is 196 Å². The third-order valence-corrected chi connectivity index (χ3v) is 6.35. The summed E-state index contributed by atoms with van der Waals surface area (Å²) in [6, 6.07) is 19.0. The number of hydrogen-bond acceptors (Lipinski definition) is 5. The standard InChI is InChI=1S/C24H23ClN4O2S/c1-3-16(2)17-6-10-19(11-7-17)26-22(30)15-32-24-28-27-23(21-5-4-14-31-21)29(24)20-12-8-18(25)9-13-20/h4-14,16H,3,15H2,1-2H3,(H,26,30)/t16-/m0/s1. The predicted molar refractivity (Wildman–Crippen MR) is 129 cm³/mol. The first-order chi connectivity index (χ1) is 15.5. The number of carbonyl (C=O) groups excluding carboxylic acids is 1. The van der Waals surface area contributed by atoms with Crippen molar-refractivity contribution in [2.24, 2.45) is 0 Å². The fourth-order valence-corrected chi connectivity index (χ4v) is 4.09. The Morgan fingerprint density at radius 2 is 1.88 bits per heavy atom. The fourth-order valence-electron chi connectivity index (χ4n) is 3.21. The first-order valence-corrected chi connectivity index (χ1v) is 11.7. The number of rotatable bonds is 8. The normalized spacial score (nSPS) is 12.0. The van der Waals surface area contributed by atoms with Crippen LogP contribution in [0.3, 0.4) is 0 Å². The summed E-state index contributed by atoms with van der Waals surface area (Å²) in [6.45, 7) is 4.36. The molecular formula is C24H23ClN4O2S. The topological polar surface area (TPSA) is 73.0 Å². The number of nitrogens with one attached hydrogen (secondary N) is 1. The molecule has 1 N–H and O–H groups in total. The number of hydrogen-bond donors (Lipinski definition) is 1. The van der Waals surface area contributed by atoms with Crippen LogP contribution in [0.15, 0.2) is 76.5 Å². The molecule has 2 aromatic heterocycles. The fraction of sp³-hybridized carbons (Fsp3) is 0.208. The van der Waals surface area contributed by atoms with Crippen molar-refractivity contribution in [1.29, 1.82) is 0 Å². The van der Waals surface area contributed by atoms with E-state index in [0.29, 0.717) is 27.7 Å². The molecule has 1 atom stereocenters. The molecule has 4 aromatic rings. The summed E-state index contributed by atoms with van der Waals surface area (Å²) >= 11 is 7.36. The van der Waals surface area contributed by atoms with E-state index in [-0.39, 0.29) is 11.7 Å². The van der Waals surface area contributed by atoms with Crippen molar-refractivity contribution in [3.8, 4) is 17.3 Å². The van der Waals surface area contributed by atoms with Crippen molar-refractivity contribution in [3.63, 3.8) is 0 Å². The second kappa shape index (κ2) is 10.1. The van der Waals surface area contributed by atoms with Gasteiger partial charge in [-0.2, -0.15) is 0 Å². The molecule has 4 rings (SSSR count). The monoisotopic (exact) mass is 466 g/mol. The zero-order valence-electron chi connectivity index (χ0n) is 17.8. The van der Waals surface area contributed by atoms with E-state index in [9.17, 15) is 4.79 Å². The molecule has 32 heavy (non-hydrogen) atoms. The summed E-state index contributed by atoms with van der Waals surface area (Å²) in [5, 5.41) is 12.7. The van der Waals surface area contributed by atoms with Crippen LogP contribution in [0, 0.1) is 0 Å². The number of nitrogens with zero attached hydrogens (tertiary/aromatic N) is 3. The molecule has 1 amide bonds. The molecular weight excluding hydrogens is 444 g/mol. The first kappa shape index (κ1) is 22.2. The van der Waals surface area contributed by atoms with Crippen LogP contribution in [-0.4, -0.2) is 26.4 Å². The van der Waals surface area contributed by atoms with Crippen LogP contribution in [0.5, 0.6) is 0 Å². The van der Waals surface area contributed by atoms with Crippen molar-refractivity contribution in [2.75, 3.05) is 11.1 Å². The van der Waals surface area contributed by atoms with Crippen molar-refractivity contribution < 1.29 is 9.21 Å². The lowest BCUT2D eigenvalue weighted by Gasteiger charge is -2.11. The Bertz CT molecular complexity index is 1170. The van der Waals surface area contributed by atoms with Gasteiger partial charge in [-0.15, -0.1) is 10.2 Å². The van der Waals surface area contributed by atoms with E-state index in [1.807, 2.05) is 34.9 Å². The Morgan fingerprint density at radius 3 is 2.53 bits per heavy atom. The van der Waals surface area contributed by atoms with Gasteiger partial charge >= 0.3 is 0 Å². The number of halogens is 1. The van der Waals surface area contributed by atoms with Crippen LogP contribution in [0.1, 0.15) is 31.7 Å². The van der Waals surface area contributed by atoms with E-state index < -0.39 is 0 Å². The van der Waals surface area contributed by atoms with Crippen LogP contribution in [0.2, 0.25) is 5.02 Å². The van der Waals surface area contributed by atoms with Crippen LogP contribution in [0.4, 0.5) is 5.69 Å². The van der Waals surface area contributed by atoms with Crippen LogP contribution in [-0.2, 0) is 4.79 Å². The average molecular weight is 467 g/mol. The Hall–Kier alpha value is -3.03. The summed E-state index contributed by atoms with van der Waals surface area (Å²) < 4.78 is 7.38. The number of amides is 1. The van der Waals surface area contributed by atoms with Gasteiger partial charge in [0.25, 0.3) is 0 Å². The lowest BCUT2D eigenvalue weighted by Crippen LogP contribution is -2.14. The van der Waals surface area contributed by atoms with Gasteiger partial charge in [0, 0.05) is 16.4 Å². The van der Waals surface area contributed by atoms with Crippen molar-refractivity contribution in [3.05, 3.63) is 77.5 Å². The van der Waals surface area contributed by atoms with Gasteiger partial charge in [0.2, 0.25) is 11.7 Å². The molecule has 0 bridgehead atoms. The number of aromatic nitrogens is 3. The second-order valence-electron chi connectivity index (χ2n) is 7.36. The first-order valence-electron chi connectivity index (χ1n) is 10.3. The van der Waals surface area contributed by atoms with Crippen LogP contribution < -0.4 is 5.32 Å². The summed E-state index contributed by atoms with van der Waals surface area (Å²) in [5.74, 6) is 1.72. The van der Waals surface area contributed by atoms with Gasteiger partial charge in [0.15, 0.2) is 10.9 Å². The molecule has 0 spiro atoms. The zero-order valence-corrected chi connectivity index (χ0v) is 19.4. The summed E-state index contributed by atoms with van der Waals surface area (Å²) in [4.78, 5) is 12.6. The molecule has 0 radical (unpaired) electrons. The van der Waals surface area contributed by atoms with Gasteiger partial charge in [-0.05, 0) is 66.4 Å². The van der Waals surface area contributed by atoms with Gasteiger partial charge in [0.05, 0.1) is 12.0 Å². The molecule has 0 unspecified atom stereocenters. The molecule has 0 aliphatic carbocycles. The molecule has 0 saturated carbocycles. The Morgan fingerprint density at radius 1 is 1.12 bits per heavy atom. The molecule has 0 aliphatic heterocycles. The maximum Gasteiger partial charge on any atom is 0.234 e. The molecule has 164 valence electrons. The molecule has 0 saturated heterocycles. The van der Waals surface area contributed by atoms with E-state index in [2.05, 4.69) is 41.5 Å². The molecule has 6 nitrogen and oxygen atoms in total. The quantitative estimate of drug-likeness (QED) is 0.303. The van der Waals surface area contributed by atoms with E-state index in [1.165, 1.54) is 17.3 Å². The Kier molecular flexibility index (Phi) is 6.97. The molecule has 8 heteroatoms. The van der Waals surface area contributed by atoms with Gasteiger partial charge < -0.3 is 9.73 Å². The smallest absolute Gasteiger partial charge is 0.234 e. The molecule has 0 fully saturated rings. The van der Waals surface area contributed by atoms with Gasteiger partial charge in [-0.25, -0.2) is 0 Å². The minimum Gasteiger partial charge on any atom is -0.461 e. The van der Waals surface area contributed by atoms with Gasteiger partial charge in [-0.1, -0.05) is 49.3 Å². The van der Waals surface area contributed by atoms with Crippen molar-refractivity contribution >= 4 is 35.0 Å². The number of carbonyl (C=O) groups is 1. The Balaban J connectivity index is 1.49. The van der Waals surface area contributed by atoms with E-state index in [0.717, 1.165) is 17.8 Å². The minimum absolute atomic E-state index is 0.114. The van der Waals surface area contributed by atoms with Gasteiger partial charge in [0.1, 0.15) is 0 Å². The van der Waals surface area contributed by atoms with Crippen molar-refractivity contribution in [1.82, 2.24) is 14.8 Å². The van der Waals surface area contributed by atoms with E-state index >= 15 is 0 Å². The predicted octanol–water partition coefficient (Wildman–Crippen LogP) is 6.43. The number of thioether (sulfide) groups is 1.